The number of carbonyl (C=O) groups excluding carboxylic acids is 2. The number of nitrogen functional groups attached to an aromatic ring is 1. The van der Waals surface area contributed by atoms with Crippen LogP contribution < -0.4 is 11.1 Å². The fourth-order valence-corrected chi connectivity index (χ4v) is 1.62. The third-order valence-electron chi connectivity index (χ3n) is 2.34. The van der Waals surface area contributed by atoms with E-state index in [0.717, 1.165) is 4.90 Å². The second-order valence-electron chi connectivity index (χ2n) is 3.43. The maximum Gasteiger partial charge on any atom is 0.324 e. The number of carbonyl (C=O) groups is 2. The fourth-order valence-electron chi connectivity index (χ4n) is 1.50. The van der Waals surface area contributed by atoms with E-state index in [4.69, 9.17) is 17.3 Å². The molecule has 2 rings (SSSR count). The lowest BCUT2D eigenvalue weighted by Gasteiger charge is -2.12. The Balaban J connectivity index is 2.27. The first-order chi connectivity index (χ1) is 7.59. The van der Waals surface area contributed by atoms with Gasteiger partial charge < -0.3 is 11.1 Å². The van der Waals surface area contributed by atoms with E-state index in [1.54, 1.807) is 6.07 Å². The topological polar surface area (TPSA) is 75.4 Å². The number of halogens is 1. The van der Waals surface area contributed by atoms with Gasteiger partial charge in [-0.3, -0.25) is 9.69 Å². The van der Waals surface area contributed by atoms with Crippen molar-refractivity contribution in [3.8, 4) is 0 Å². The molecule has 0 saturated carbocycles. The Morgan fingerprint density at radius 3 is 2.81 bits per heavy atom. The van der Waals surface area contributed by atoms with E-state index in [9.17, 15) is 9.59 Å². The van der Waals surface area contributed by atoms with Crippen molar-refractivity contribution in [1.82, 2.24) is 10.2 Å². The average Bonchev–Trinajstić information content (AvgIpc) is 2.67. The van der Waals surface area contributed by atoms with Crippen molar-refractivity contribution in [2.24, 2.45) is 0 Å². The molecular formula is C10H10ClN3O2. The van der Waals surface area contributed by atoms with Crippen LogP contribution in [0.3, 0.4) is 0 Å². The summed E-state index contributed by atoms with van der Waals surface area (Å²) in [6.07, 6.45) is 0. The van der Waals surface area contributed by atoms with Crippen LogP contribution in [-0.4, -0.2) is 29.9 Å². The molecule has 16 heavy (non-hydrogen) atoms. The molecule has 1 heterocycles. The van der Waals surface area contributed by atoms with E-state index in [-0.39, 0.29) is 11.9 Å². The highest BCUT2D eigenvalue weighted by Crippen LogP contribution is 2.20. The van der Waals surface area contributed by atoms with Crippen molar-refractivity contribution in [3.63, 3.8) is 0 Å². The highest BCUT2D eigenvalue weighted by atomic mass is 35.5. The summed E-state index contributed by atoms with van der Waals surface area (Å²) in [5, 5.41) is 2.95. The summed E-state index contributed by atoms with van der Waals surface area (Å²) in [6.45, 7) is 0.855. The number of imide groups is 1. The molecule has 5 nitrogen and oxygen atoms in total. The number of anilines is 1. The summed E-state index contributed by atoms with van der Waals surface area (Å²) < 4.78 is 0. The van der Waals surface area contributed by atoms with Gasteiger partial charge in [0.1, 0.15) is 0 Å². The number of benzene rings is 1. The summed E-state index contributed by atoms with van der Waals surface area (Å²) in [7, 11) is 0. The van der Waals surface area contributed by atoms with Gasteiger partial charge >= 0.3 is 6.03 Å². The molecule has 0 atom stereocenters. The van der Waals surface area contributed by atoms with Crippen LogP contribution >= 0.6 is 11.6 Å². The number of hydrogen-bond acceptors (Lipinski definition) is 3. The Kier molecular flexibility index (Phi) is 2.70. The minimum absolute atomic E-state index is 0.326. The molecule has 1 aliphatic heterocycles. The van der Waals surface area contributed by atoms with Gasteiger partial charge in [-0.05, 0) is 18.2 Å². The largest absolute Gasteiger partial charge is 0.398 e. The lowest BCUT2D eigenvalue weighted by molar-refractivity contribution is 0.0829. The molecule has 1 aliphatic rings. The molecule has 0 spiro atoms. The Morgan fingerprint density at radius 2 is 2.25 bits per heavy atom. The molecule has 1 fully saturated rings. The lowest BCUT2D eigenvalue weighted by Crippen LogP contribution is -2.34. The number of hydrogen-bond donors (Lipinski definition) is 2. The standard InChI is InChI=1S/C10H10ClN3O2/c11-7-2-1-6(5-8(7)12)9(15)14-4-3-13-10(14)16/h1-2,5H,3-4,12H2,(H,13,16). The lowest BCUT2D eigenvalue weighted by atomic mass is 10.2. The number of amides is 3. The number of nitrogens with zero attached hydrogens (tertiary/aromatic N) is 1. The predicted molar refractivity (Wildman–Crippen MR) is 60.3 cm³/mol. The Morgan fingerprint density at radius 1 is 1.50 bits per heavy atom. The summed E-state index contributed by atoms with van der Waals surface area (Å²) >= 11 is 5.74. The van der Waals surface area contributed by atoms with Crippen molar-refractivity contribution in [1.29, 1.82) is 0 Å². The molecule has 1 aromatic rings. The van der Waals surface area contributed by atoms with Crippen LogP contribution in [-0.2, 0) is 0 Å². The molecule has 6 heteroatoms. The van der Waals surface area contributed by atoms with Crippen molar-refractivity contribution in [2.75, 3.05) is 18.8 Å². The molecule has 0 aromatic heterocycles. The zero-order valence-electron chi connectivity index (χ0n) is 8.37. The van der Waals surface area contributed by atoms with Crippen LogP contribution in [0.2, 0.25) is 5.02 Å². The normalized spacial score (nSPS) is 15.1. The third kappa shape index (κ3) is 1.81. The van der Waals surface area contributed by atoms with Gasteiger partial charge in [0.05, 0.1) is 10.7 Å². The zero-order chi connectivity index (χ0) is 11.7. The first-order valence-corrected chi connectivity index (χ1v) is 5.12. The van der Waals surface area contributed by atoms with Crippen molar-refractivity contribution < 1.29 is 9.59 Å². The average molecular weight is 240 g/mol. The summed E-state index contributed by atoms with van der Waals surface area (Å²) in [4.78, 5) is 24.3. The molecule has 1 saturated heterocycles. The minimum Gasteiger partial charge on any atom is -0.398 e. The van der Waals surface area contributed by atoms with Crippen LogP contribution in [0.15, 0.2) is 18.2 Å². The molecule has 1 aromatic carbocycles. The van der Waals surface area contributed by atoms with E-state index >= 15 is 0 Å². The molecule has 3 N–H and O–H groups in total. The SMILES string of the molecule is Nc1cc(C(=O)N2CCNC2=O)ccc1Cl. The molecular weight excluding hydrogens is 230 g/mol. The molecule has 3 amide bonds. The van der Waals surface area contributed by atoms with Crippen LogP contribution in [0.4, 0.5) is 10.5 Å². The Hall–Kier alpha value is -1.75. The first kappa shape index (κ1) is 10.8. The van der Waals surface area contributed by atoms with Gasteiger partial charge in [0.15, 0.2) is 0 Å². The maximum absolute atomic E-state index is 11.9. The van der Waals surface area contributed by atoms with E-state index in [0.29, 0.717) is 29.4 Å². The Labute approximate surface area is 97.2 Å². The van der Waals surface area contributed by atoms with Gasteiger partial charge in [-0.15, -0.1) is 0 Å². The first-order valence-electron chi connectivity index (χ1n) is 4.74. The highest BCUT2D eigenvalue weighted by molar-refractivity contribution is 6.33. The molecule has 0 bridgehead atoms. The van der Waals surface area contributed by atoms with Gasteiger partial charge in [-0.2, -0.15) is 0 Å². The van der Waals surface area contributed by atoms with Gasteiger partial charge in [0, 0.05) is 18.7 Å². The molecule has 0 aliphatic carbocycles. The van der Waals surface area contributed by atoms with E-state index in [2.05, 4.69) is 5.32 Å². The van der Waals surface area contributed by atoms with Crippen LogP contribution in [0, 0.1) is 0 Å². The van der Waals surface area contributed by atoms with Gasteiger partial charge in [0.2, 0.25) is 0 Å². The van der Waals surface area contributed by atoms with E-state index in [1.165, 1.54) is 12.1 Å². The second-order valence-corrected chi connectivity index (χ2v) is 3.83. The number of nitrogens with two attached hydrogens (primary N) is 1. The Bertz CT molecular complexity index is 461. The summed E-state index contributed by atoms with van der Waals surface area (Å²) in [5.74, 6) is -0.363. The van der Waals surface area contributed by atoms with Crippen LogP contribution in [0.5, 0.6) is 0 Å². The molecule has 84 valence electrons. The number of nitrogens with one attached hydrogen (secondary N) is 1. The summed E-state index contributed by atoms with van der Waals surface area (Å²) in [6, 6.07) is 4.18. The van der Waals surface area contributed by atoms with Crippen LogP contribution in [0.25, 0.3) is 0 Å². The third-order valence-corrected chi connectivity index (χ3v) is 2.69. The fraction of sp³-hybridized carbons (Fsp3) is 0.200. The minimum atomic E-state index is -0.376. The molecule has 0 radical (unpaired) electrons. The van der Waals surface area contributed by atoms with Gasteiger partial charge in [-0.25, -0.2) is 4.79 Å². The number of urea groups is 1. The van der Waals surface area contributed by atoms with E-state index in [1.807, 2.05) is 0 Å². The second kappa shape index (κ2) is 4.02. The quantitative estimate of drug-likeness (QED) is 0.721. The predicted octanol–water partition coefficient (Wildman–Crippen LogP) is 1.09. The van der Waals surface area contributed by atoms with Crippen LogP contribution in [0.1, 0.15) is 10.4 Å². The summed E-state index contributed by atoms with van der Waals surface area (Å²) in [5.41, 5.74) is 6.27. The van der Waals surface area contributed by atoms with Gasteiger partial charge in [0.25, 0.3) is 5.91 Å². The highest BCUT2D eigenvalue weighted by Gasteiger charge is 2.27. The van der Waals surface area contributed by atoms with E-state index < -0.39 is 0 Å². The van der Waals surface area contributed by atoms with Crippen molar-refractivity contribution in [2.45, 2.75) is 0 Å². The van der Waals surface area contributed by atoms with Gasteiger partial charge in [-0.1, -0.05) is 11.6 Å². The smallest absolute Gasteiger partial charge is 0.324 e. The monoisotopic (exact) mass is 239 g/mol. The van der Waals surface area contributed by atoms with Crippen molar-refractivity contribution in [3.05, 3.63) is 28.8 Å². The maximum atomic E-state index is 11.9. The van der Waals surface area contributed by atoms with Crippen molar-refractivity contribution >= 4 is 29.2 Å². The number of rotatable bonds is 1. The molecule has 0 unspecified atom stereocenters. The zero-order valence-corrected chi connectivity index (χ0v) is 9.12.